The van der Waals surface area contributed by atoms with Crippen LogP contribution in [0.4, 0.5) is 5.69 Å². The van der Waals surface area contributed by atoms with Crippen molar-refractivity contribution in [3.63, 3.8) is 0 Å². The van der Waals surface area contributed by atoms with Crippen molar-refractivity contribution in [3.8, 4) is 0 Å². The Balaban J connectivity index is 2.49. The molecule has 33 heavy (non-hydrogen) atoms. The fraction of sp³-hybridized carbons (Fsp3) is 0.364. The van der Waals surface area contributed by atoms with Crippen molar-refractivity contribution in [3.05, 3.63) is 63.1 Å². The van der Waals surface area contributed by atoms with Gasteiger partial charge in [-0.1, -0.05) is 53.9 Å². The van der Waals surface area contributed by atoms with Crippen molar-refractivity contribution in [2.75, 3.05) is 23.7 Å². The average molecular weight is 535 g/mol. The van der Waals surface area contributed by atoms with Crippen LogP contribution in [0.3, 0.4) is 0 Å². The number of amides is 2. The first-order valence-electron chi connectivity index (χ1n) is 10.2. The molecule has 0 saturated heterocycles. The van der Waals surface area contributed by atoms with Gasteiger partial charge in [0.15, 0.2) is 0 Å². The highest BCUT2D eigenvalue weighted by Crippen LogP contribution is 2.28. The number of carbonyl (C=O) groups excluding carboxylic acids is 2. The summed E-state index contributed by atoms with van der Waals surface area (Å²) in [5, 5.41) is 3.71. The second-order valence-corrected chi connectivity index (χ2v) is 10.4. The van der Waals surface area contributed by atoms with Gasteiger partial charge in [0.25, 0.3) is 0 Å². The van der Waals surface area contributed by atoms with E-state index < -0.39 is 28.5 Å². The monoisotopic (exact) mass is 533 g/mol. The molecule has 0 radical (unpaired) electrons. The Morgan fingerprint density at radius 2 is 1.64 bits per heavy atom. The van der Waals surface area contributed by atoms with E-state index in [2.05, 4.69) is 5.32 Å². The van der Waals surface area contributed by atoms with Crippen LogP contribution < -0.4 is 9.62 Å². The molecule has 0 bridgehead atoms. The van der Waals surface area contributed by atoms with Gasteiger partial charge in [-0.05, 0) is 43.7 Å². The normalized spacial score (nSPS) is 12.2. The number of hydrogen-bond donors (Lipinski definition) is 1. The lowest BCUT2D eigenvalue weighted by molar-refractivity contribution is -0.140. The predicted molar refractivity (Wildman–Crippen MR) is 133 cm³/mol. The summed E-state index contributed by atoms with van der Waals surface area (Å²) < 4.78 is 26.0. The van der Waals surface area contributed by atoms with Crippen molar-refractivity contribution in [1.82, 2.24) is 10.2 Å². The number of likely N-dealkylation sites (N-methyl/N-ethyl adjacent to an activating group) is 1. The lowest BCUT2D eigenvalue weighted by Crippen LogP contribution is -2.52. The summed E-state index contributed by atoms with van der Waals surface area (Å²) in [5.41, 5.74) is 0.700. The molecule has 0 aliphatic rings. The van der Waals surface area contributed by atoms with Crippen LogP contribution in [0.15, 0.2) is 42.5 Å². The molecule has 2 rings (SSSR count). The maximum atomic E-state index is 13.5. The van der Waals surface area contributed by atoms with Crippen LogP contribution in [0.25, 0.3) is 0 Å². The number of halogens is 3. The van der Waals surface area contributed by atoms with Crippen LogP contribution in [-0.2, 0) is 26.2 Å². The maximum Gasteiger partial charge on any atom is 0.244 e. The summed E-state index contributed by atoms with van der Waals surface area (Å²) in [6.07, 6.45) is 1.30. The van der Waals surface area contributed by atoms with Gasteiger partial charge in [-0.25, -0.2) is 8.42 Å². The zero-order valence-electron chi connectivity index (χ0n) is 18.5. The van der Waals surface area contributed by atoms with Gasteiger partial charge in [-0.3, -0.25) is 13.9 Å². The van der Waals surface area contributed by atoms with Gasteiger partial charge in [0, 0.05) is 33.7 Å². The summed E-state index contributed by atoms with van der Waals surface area (Å²) >= 11 is 18.7. The number of nitrogens with one attached hydrogen (secondary N) is 1. The summed E-state index contributed by atoms with van der Waals surface area (Å²) in [5.74, 6) is -0.945. The minimum absolute atomic E-state index is 0.0693. The molecule has 2 aromatic rings. The van der Waals surface area contributed by atoms with E-state index in [0.717, 1.165) is 10.6 Å². The van der Waals surface area contributed by atoms with Gasteiger partial charge in [-0.2, -0.15) is 0 Å². The van der Waals surface area contributed by atoms with Crippen molar-refractivity contribution < 1.29 is 18.0 Å². The van der Waals surface area contributed by atoms with Crippen LogP contribution in [0.1, 0.15) is 25.8 Å². The van der Waals surface area contributed by atoms with Gasteiger partial charge in [0.1, 0.15) is 12.6 Å². The van der Waals surface area contributed by atoms with Crippen molar-refractivity contribution in [2.24, 2.45) is 0 Å². The highest BCUT2D eigenvalue weighted by molar-refractivity contribution is 7.92. The number of hydrogen-bond acceptors (Lipinski definition) is 4. The van der Waals surface area contributed by atoms with Gasteiger partial charge >= 0.3 is 0 Å². The third-order valence-corrected chi connectivity index (χ3v) is 6.99. The van der Waals surface area contributed by atoms with Crippen molar-refractivity contribution in [1.29, 1.82) is 0 Å². The van der Waals surface area contributed by atoms with Crippen LogP contribution >= 0.6 is 34.8 Å². The fourth-order valence-electron chi connectivity index (χ4n) is 3.31. The molecule has 2 amide bonds. The molecule has 2 aromatic carbocycles. The standard InChI is InChI=1S/C22H26Cl3N3O4S/c1-4-20(22(30)26-5-2)27(13-17-18(24)10-7-11-19(17)25)21(29)14-28(33(3,31)32)16-9-6-8-15(23)12-16/h6-12,20H,4-5,13-14H2,1-3H3,(H,26,30). The number of rotatable bonds is 10. The number of sulfonamides is 1. The number of anilines is 1. The molecule has 0 aromatic heterocycles. The van der Waals surface area contributed by atoms with Crippen LogP contribution in [-0.4, -0.2) is 50.5 Å². The largest absolute Gasteiger partial charge is 0.355 e. The van der Waals surface area contributed by atoms with Crippen LogP contribution in [0, 0.1) is 0 Å². The average Bonchev–Trinajstić information content (AvgIpc) is 2.73. The molecule has 0 aliphatic carbocycles. The Morgan fingerprint density at radius 3 is 2.15 bits per heavy atom. The smallest absolute Gasteiger partial charge is 0.244 e. The second kappa shape index (κ2) is 11.9. The Labute approximate surface area is 209 Å². The molecule has 1 atom stereocenters. The third-order valence-electron chi connectivity index (χ3n) is 4.90. The van der Waals surface area contributed by atoms with Crippen LogP contribution in [0.2, 0.25) is 15.1 Å². The first kappa shape index (κ1) is 27.2. The van der Waals surface area contributed by atoms with Crippen molar-refractivity contribution in [2.45, 2.75) is 32.9 Å². The maximum absolute atomic E-state index is 13.5. The number of benzene rings is 2. The second-order valence-electron chi connectivity index (χ2n) is 7.29. The van der Waals surface area contributed by atoms with Gasteiger partial charge in [0.05, 0.1) is 11.9 Å². The Morgan fingerprint density at radius 1 is 1.03 bits per heavy atom. The van der Waals surface area contributed by atoms with E-state index in [0.29, 0.717) is 33.6 Å². The molecule has 0 spiro atoms. The molecule has 7 nitrogen and oxygen atoms in total. The topological polar surface area (TPSA) is 86.8 Å². The summed E-state index contributed by atoms with van der Waals surface area (Å²) in [6, 6.07) is 10.3. The third kappa shape index (κ3) is 7.24. The molecular formula is C22H26Cl3N3O4S. The van der Waals surface area contributed by atoms with E-state index in [1.807, 2.05) is 0 Å². The van der Waals surface area contributed by atoms with E-state index in [4.69, 9.17) is 34.8 Å². The number of nitrogens with zero attached hydrogens (tertiary/aromatic N) is 2. The van der Waals surface area contributed by atoms with E-state index >= 15 is 0 Å². The van der Waals surface area contributed by atoms with E-state index in [9.17, 15) is 18.0 Å². The molecule has 0 fully saturated rings. The zero-order chi connectivity index (χ0) is 24.8. The first-order chi connectivity index (χ1) is 15.5. The SMILES string of the molecule is CCNC(=O)C(CC)N(Cc1c(Cl)cccc1Cl)C(=O)CN(c1cccc(Cl)c1)S(C)(=O)=O. The summed E-state index contributed by atoms with van der Waals surface area (Å²) in [6.45, 7) is 3.31. The van der Waals surface area contributed by atoms with Crippen molar-refractivity contribution >= 4 is 62.3 Å². The molecular weight excluding hydrogens is 509 g/mol. The number of carbonyl (C=O) groups is 2. The molecule has 0 heterocycles. The van der Waals surface area contributed by atoms with Gasteiger partial charge in [0.2, 0.25) is 21.8 Å². The summed E-state index contributed by atoms with van der Waals surface area (Å²) in [4.78, 5) is 27.6. The molecule has 180 valence electrons. The Hall–Kier alpha value is -2.00. The van der Waals surface area contributed by atoms with E-state index in [-0.39, 0.29) is 18.1 Å². The van der Waals surface area contributed by atoms with Gasteiger partial charge in [-0.15, -0.1) is 0 Å². The lowest BCUT2D eigenvalue weighted by Gasteiger charge is -2.33. The molecule has 0 saturated carbocycles. The zero-order valence-corrected chi connectivity index (χ0v) is 21.6. The summed E-state index contributed by atoms with van der Waals surface area (Å²) in [7, 11) is -3.84. The molecule has 11 heteroatoms. The molecule has 1 unspecified atom stereocenters. The molecule has 1 N–H and O–H groups in total. The van der Waals surface area contributed by atoms with Crippen LogP contribution in [0.5, 0.6) is 0 Å². The Bertz CT molecular complexity index is 1090. The molecule has 0 aliphatic heterocycles. The van der Waals surface area contributed by atoms with E-state index in [1.54, 1.807) is 44.2 Å². The lowest BCUT2D eigenvalue weighted by atomic mass is 10.1. The highest BCUT2D eigenvalue weighted by atomic mass is 35.5. The van der Waals surface area contributed by atoms with Gasteiger partial charge < -0.3 is 10.2 Å². The first-order valence-corrected chi connectivity index (χ1v) is 13.2. The highest BCUT2D eigenvalue weighted by Gasteiger charge is 2.32. The Kier molecular flexibility index (Phi) is 9.84. The minimum Gasteiger partial charge on any atom is -0.355 e. The fourth-order valence-corrected chi connectivity index (χ4v) is 4.85. The minimum atomic E-state index is -3.84. The predicted octanol–water partition coefficient (Wildman–Crippen LogP) is 4.36. The quantitative estimate of drug-likeness (QED) is 0.491. The van der Waals surface area contributed by atoms with E-state index in [1.165, 1.54) is 17.0 Å².